The van der Waals surface area contributed by atoms with E-state index in [0.717, 1.165) is 31.5 Å². The maximum absolute atomic E-state index is 11.8. The Morgan fingerprint density at radius 3 is 2.74 bits per heavy atom. The summed E-state index contributed by atoms with van der Waals surface area (Å²) < 4.78 is 0. The molecule has 2 N–H and O–H groups in total. The summed E-state index contributed by atoms with van der Waals surface area (Å²) in [5.74, 6) is 0.122. The van der Waals surface area contributed by atoms with E-state index in [2.05, 4.69) is 10.6 Å². The molecule has 1 heterocycles. The number of nitrogens with one attached hydrogen (secondary N) is 2. The predicted molar refractivity (Wildman–Crippen MR) is 73.2 cm³/mol. The van der Waals surface area contributed by atoms with Crippen LogP contribution >= 0.6 is 0 Å². The zero-order valence-corrected chi connectivity index (χ0v) is 10.7. The molecule has 1 aliphatic carbocycles. The van der Waals surface area contributed by atoms with Gasteiger partial charge in [0.2, 0.25) is 5.91 Å². The Morgan fingerprint density at radius 1 is 1.26 bits per heavy atom. The van der Waals surface area contributed by atoms with Crippen LogP contribution in [0.3, 0.4) is 0 Å². The molecule has 100 valence electrons. The Balaban J connectivity index is 1.76. The van der Waals surface area contributed by atoms with Gasteiger partial charge in [0.25, 0.3) is 0 Å². The molecule has 5 heteroatoms. The highest BCUT2D eigenvalue weighted by atomic mass is 16.2. The summed E-state index contributed by atoms with van der Waals surface area (Å²) in [5.41, 5.74) is 1.48. The highest BCUT2D eigenvalue weighted by Gasteiger charge is 2.26. The molecule has 3 amide bonds. The Kier molecular flexibility index (Phi) is 3.11. The highest BCUT2D eigenvalue weighted by Crippen LogP contribution is 2.29. The van der Waals surface area contributed by atoms with E-state index in [0.29, 0.717) is 18.2 Å². The lowest BCUT2D eigenvalue weighted by Gasteiger charge is -2.20. The topological polar surface area (TPSA) is 61.4 Å². The average Bonchev–Trinajstić information content (AvgIpc) is 3.10. The molecule has 1 aromatic rings. The lowest BCUT2D eigenvalue weighted by Crippen LogP contribution is -2.32. The first-order chi connectivity index (χ1) is 9.24. The van der Waals surface area contributed by atoms with Crippen molar-refractivity contribution in [1.82, 2.24) is 5.32 Å². The highest BCUT2D eigenvalue weighted by molar-refractivity contribution is 6.01. The fraction of sp³-hybridized carbons (Fsp3) is 0.429. The van der Waals surface area contributed by atoms with Gasteiger partial charge in [0.05, 0.1) is 11.4 Å². The second-order valence-corrected chi connectivity index (χ2v) is 5.04. The van der Waals surface area contributed by atoms with Crippen molar-refractivity contribution in [2.45, 2.75) is 31.7 Å². The van der Waals surface area contributed by atoms with Gasteiger partial charge in [0, 0.05) is 19.0 Å². The maximum atomic E-state index is 11.8. The molecular weight excluding hydrogens is 242 g/mol. The summed E-state index contributed by atoms with van der Waals surface area (Å²) in [4.78, 5) is 25.3. The number of benzene rings is 1. The van der Waals surface area contributed by atoms with E-state index in [1.165, 1.54) is 0 Å². The van der Waals surface area contributed by atoms with Crippen LogP contribution in [0.1, 0.15) is 25.7 Å². The number of anilines is 2. The smallest absolute Gasteiger partial charge is 0.319 e. The van der Waals surface area contributed by atoms with Crippen molar-refractivity contribution in [3.8, 4) is 0 Å². The van der Waals surface area contributed by atoms with Gasteiger partial charge in [-0.2, -0.15) is 0 Å². The van der Waals surface area contributed by atoms with E-state index in [-0.39, 0.29) is 11.9 Å². The average molecular weight is 259 g/mol. The number of carbonyl (C=O) groups is 2. The number of urea groups is 1. The van der Waals surface area contributed by atoms with E-state index >= 15 is 0 Å². The molecule has 1 aromatic carbocycles. The minimum absolute atomic E-state index is 0.122. The van der Waals surface area contributed by atoms with Gasteiger partial charge in [-0.3, -0.25) is 4.79 Å². The molecule has 19 heavy (non-hydrogen) atoms. The van der Waals surface area contributed by atoms with Gasteiger partial charge in [-0.1, -0.05) is 12.1 Å². The van der Waals surface area contributed by atoms with E-state index in [1.54, 1.807) is 4.90 Å². The second-order valence-electron chi connectivity index (χ2n) is 5.04. The molecule has 0 radical (unpaired) electrons. The Bertz CT molecular complexity index is 511. The van der Waals surface area contributed by atoms with Crippen LogP contribution < -0.4 is 15.5 Å². The quantitative estimate of drug-likeness (QED) is 0.873. The molecule has 0 atom stereocenters. The first-order valence-corrected chi connectivity index (χ1v) is 6.71. The van der Waals surface area contributed by atoms with Crippen molar-refractivity contribution >= 4 is 23.3 Å². The van der Waals surface area contributed by atoms with Gasteiger partial charge in [-0.25, -0.2) is 4.79 Å². The van der Waals surface area contributed by atoms with E-state index < -0.39 is 0 Å². The second kappa shape index (κ2) is 4.91. The molecule has 2 fully saturated rings. The van der Waals surface area contributed by atoms with Crippen LogP contribution in [0.15, 0.2) is 24.3 Å². The van der Waals surface area contributed by atoms with Crippen molar-refractivity contribution in [2.24, 2.45) is 0 Å². The zero-order valence-electron chi connectivity index (χ0n) is 10.7. The van der Waals surface area contributed by atoms with Crippen molar-refractivity contribution < 1.29 is 9.59 Å². The lowest BCUT2D eigenvalue weighted by atomic mass is 10.2. The van der Waals surface area contributed by atoms with Crippen molar-refractivity contribution in [1.29, 1.82) is 0 Å². The standard InChI is InChI=1S/C14H17N3O2/c18-13-6-3-9-17(13)12-5-2-1-4-11(12)16-14(19)15-10-7-8-10/h1-2,4-5,10H,3,6-9H2,(H2,15,16,19). The summed E-state index contributed by atoms with van der Waals surface area (Å²) in [6, 6.07) is 7.56. The molecule has 1 saturated carbocycles. The van der Waals surface area contributed by atoms with Crippen molar-refractivity contribution in [3.05, 3.63) is 24.3 Å². The summed E-state index contributed by atoms with van der Waals surface area (Å²) >= 11 is 0. The fourth-order valence-electron chi connectivity index (χ4n) is 2.29. The monoisotopic (exact) mass is 259 g/mol. The molecule has 1 aliphatic heterocycles. The van der Waals surface area contributed by atoms with Crippen LogP contribution in [-0.4, -0.2) is 24.5 Å². The minimum atomic E-state index is -0.193. The summed E-state index contributed by atoms with van der Waals surface area (Å²) in [5, 5.41) is 5.71. The van der Waals surface area contributed by atoms with E-state index in [1.807, 2.05) is 24.3 Å². The van der Waals surface area contributed by atoms with E-state index in [4.69, 9.17) is 0 Å². The molecule has 0 unspecified atom stereocenters. The van der Waals surface area contributed by atoms with Crippen LogP contribution in [0.4, 0.5) is 16.2 Å². The van der Waals surface area contributed by atoms with Crippen LogP contribution in [-0.2, 0) is 4.79 Å². The number of rotatable bonds is 3. The first-order valence-electron chi connectivity index (χ1n) is 6.71. The number of hydrogen-bond donors (Lipinski definition) is 2. The fourth-order valence-corrected chi connectivity index (χ4v) is 2.29. The molecule has 3 rings (SSSR count). The van der Waals surface area contributed by atoms with Gasteiger partial charge < -0.3 is 15.5 Å². The maximum Gasteiger partial charge on any atom is 0.319 e. The SMILES string of the molecule is O=C(Nc1ccccc1N1CCCC1=O)NC1CC1. The van der Waals surface area contributed by atoms with Crippen molar-refractivity contribution in [2.75, 3.05) is 16.8 Å². The normalized spacial score (nSPS) is 18.5. The van der Waals surface area contributed by atoms with Crippen LogP contribution in [0.25, 0.3) is 0 Å². The molecule has 0 bridgehead atoms. The van der Waals surface area contributed by atoms with Gasteiger partial charge in [-0.05, 0) is 31.4 Å². The number of nitrogens with zero attached hydrogens (tertiary/aromatic N) is 1. The molecule has 2 aliphatic rings. The summed E-state index contributed by atoms with van der Waals surface area (Å²) in [7, 11) is 0. The number of para-hydroxylation sites is 2. The van der Waals surface area contributed by atoms with Crippen molar-refractivity contribution in [3.63, 3.8) is 0 Å². The lowest BCUT2D eigenvalue weighted by molar-refractivity contribution is -0.117. The zero-order chi connectivity index (χ0) is 13.2. The molecular formula is C14H17N3O2. The van der Waals surface area contributed by atoms with Gasteiger partial charge in [0.1, 0.15) is 0 Å². The Labute approximate surface area is 112 Å². The number of hydrogen-bond acceptors (Lipinski definition) is 2. The summed E-state index contributed by atoms with van der Waals surface area (Å²) in [6.45, 7) is 0.724. The van der Waals surface area contributed by atoms with Gasteiger partial charge in [-0.15, -0.1) is 0 Å². The molecule has 5 nitrogen and oxygen atoms in total. The Hall–Kier alpha value is -2.04. The third-order valence-corrected chi connectivity index (χ3v) is 3.43. The summed E-state index contributed by atoms with van der Waals surface area (Å²) in [6.07, 6.45) is 3.57. The van der Waals surface area contributed by atoms with Crippen LogP contribution in [0.2, 0.25) is 0 Å². The largest absolute Gasteiger partial charge is 0.335 e. The minimum Gasteiger partial charge on any atom is -0.335 e. The Morgan fingerprint density at radius 2 is 2.05 bits per heavy atom. The van der Waals surface area contributed by atoms with Gasteiger partial charge in [0.15, 0.2) is 0 Å². The third kappa shape index (κ3) is 2.70. The number of carbonyl (C=O) groups excluding carboxylic acids is 2. The molecule has 1 saturated heterocycles. The number of amides is 3. The molecule has 0 aromatic heterocycles. The van der Waals surface area contributed by atoms with Crippen LogP contribution in [0, 0.1) is 0 Å². The first kappa shape index (κ1) is 12.0. The van der Waals surface area contributed by atoms with Crippen LogP contribution in [0.5, 0.6) is 0 Å². The van der Waals surface area contributed by atoms with Gasteiger partial charge >= 0.3 is 6.03 Å². The molecule has 0 spiro atoms. The van der Waals surface area contributed by atoms with E-state index in [9.17, 15) is 9.59 Å². The third-order valence-electron chi connectivity index (χ3n) is 3.43. The predicted octanol–water partition coefficient (Wildman–Crippen LogP) is 2.10.